The van der Waals surface area contributed by atoms with Crippen molar-refractivity contribution in [2.24, 2.45) is 0 Å². The van der Waals surface area contributed by atoms with E-state index in [0.717, 1.165) is 18.6 Å². The number of nitrogens with one attached hydrogen (secondary N) is 2. The Kier molecular flexibility index (Phi) is 7.99. The smallest absolute Gasteiger partial charge is 0.295 e. The summed E-state index contributed by atoms with van der Waals surface area (Å²) in [5, 5.41) is 3.00. The van der Waals surface area contributed by atoms with Gasteiger partial charge in [-0.1, -0.05) is 6.92 Å². The Labute approximate surface area is 178 Å². The highest BCUT2D eigenvalue weighted by atomic mass is 19.2. The summed E-state index contributed by atoms with van der Waals surface area (Å²) < 4.78 is 34.0. The Morgan fingerprint density at radius 2 is 1.90 bits per heavy atom. The third-order valence-corrected chi connectivity index (χ3v) is 4.48. The second-order valence-corrected chi connectivity index (χ2v) is 6.72. The molecule has 0 saturated carbocycles. The Balaban J connectivity index is 2.01. The highest BCUT2D eigenvalue weighted by Gasteiger charge is 2.14. The molecule has 0 radical (unpaired) electrons. The van der Waals surface area contributed by atoms with Crippen LogP contribution >= 0.6 is 0 Å². The molecule has 31 heavy (non-hydrogen) atoms. The first-order chi connectivity index (χ1) is 15.0. The van der Waals surface area contributed by atoms with Gasteiger partial charge >= 0.3 is 0 Å². The molecule has 8 nitrogen and oxygen atoms in total. The molecule has 0 unspecified atom stereocenters. The number of benzene rings is 1. The van der Waals surface area contributed by atoms with E-state index in [1.807, 2.05) is 6.92 Å². The third kappa shape index (κ3) is 5.60. The van der Waals surface area contributed by atoms with Crippen LogP contribution in [0, 0.1) is 11.6 Å². The van der Waals surface area contributed by atoms with E-state index in [1.165, 1.54) is 17.7 Å². The molecule has 2 aromatic heterocycles. The minimum atomic E-state index is -0.966. The molecule has 0 aliphatic rings. The van der Waals surface area contributed by atoms with Crippen LogP contribution in [0.1, 0.15) is 13.3 Å². The van der Waals surface area contributed by atoms with E-state index in [2.05, 4.69) is 20.8 Å². The summed E-state index contributed by atoms with van der Waals surface area (Å²) in [6, 6.07) is 6.90. The number of pyridine rings is 1. The zero-order chi connectivity index (χ0) is 22.2. The minimum absolute atomic E-state index is 0.184. The first-order valence-corrected chi connectivity index (χ1v) is 9.99. The van der Waals surface area contributed by atoms with Gasteiger partial charge in [0.1, 0.15) is 5.52 Å². The quantitative estimate of drug-likeness (QED) is 0.355. The van der Waals surface area contributed by atoms with Crippen LogP contribution in [0.5, 0.6) is 0 Å². The Morgan fingerprint density at radius 3 is 2.65 bits per heavy atom. The zero-order valence-electron chi connectivity index (χ0n) is 17.5. The van der Waals surface area contributed by atoms with Gasteiger partial charge in [0.2, 0.25) is 0 Å². The van der Waals surface area contributed by atoms with Crippen LogP contribution in [-0.4, -0.2) is 47.9 Å². The van der Waals surface area contributed by atoms with Crippen molar-refractivity contribution >= 4 is 17.0 Å². The van der Waals surface area contributed by atoms with E-state index < -0.39 is 11.6 Å². The average Bonchev–Trinajstić information content (AvgIpc) is 2.77. The van der Waals surface area contributed by atoms with Gasteiger partial charge in [0.05, 0.1) is 26.0 Å². The van der Waals surface area contributed by atoms with E-state index in [9.17, 15) is 13.6 Å². The predicted octanol–water partition coefficient (Wildman–Crippen LogP) is 2.73. The van der Waals surface area contributed by atoms with Crippen LogP contribution in [0.4, 0.5) is 14.6 Å². The number of fused-ring (bicyclic) bond motifs is 1. The molecule has 3 rings (SSSR count). The summed E-state index contributed by atoms with van der Waals surface area (Å²) in [5.74, 6) is -1.72. The molecule has 0 atom stereocenters. The lowest BCUT2D eigenvalue weighted by molar-refractivity contribution is 0.0950. The van der Waals surface area contributed by atoms with Gasteiger partial charge in [0, 0.05) is 25.3 Å². The van der Waals surface area contributed by atoms with Crippen molar-refractivity contribution in [1.29, 1.82) is 0 Å². The van der Waals surface area contributed by atoms with Crippen LogP contribution in [0.3, 0.4) is 0 Å². The summed E-state index contributed by atoms with van der Waals surface area (Å²) in [4.78, 5) is 26.7. The Bertz CT molecular complexity index is 1090. The van der Waals surface area contributed by atoms with Gasteiger partial charge in [-0.25, -0.2) is 24.2 Å². The predicted molar refractivity (Wildman–Crippen MR) is 114 cm³/mol. The van der Waals surface area contributed by atoms with Crippen molar-refractivity contribution in [3.8, 4) is 11.3 Å². The third-order valence-electron chi connectivity index (χ3n) is 4.48. The molecule has 2 N–H and O–H groups in total. The molecule has 0 aliphatic carbocycles. The van der Waals surface area contributed by atoms with Gasteiger partial charge in [0.25, 0.3) is 5.56 Å². The highest BCUT2D eigenvalue weighted by molar-refractivity contribution is 5.76. The van der Waals surface area contributed by atoms with Crippen molar-refractivity contribution in [3.63, 3.8) is 0 Å². The van der Waals surface area contributed by atoms with Crippen LogP contribution in [-0.2, 0) is 16.1 Å². The number of anilines is 1. The molecule has 1 aromatic carbocycles. The number of hydrogen-bond acceptors (Lipinski definition) is 7. The molecule has 0 bridgehead atoms. The van der Waals surface area contributed by atoms with Gasteiger partial charge in [-0.3, -0.25) is 9.36 Å². The number of hydrogen-bond donors (Lipinski definition) is 2. The van der Waals surface area contributed by atoms with Crippen LogP contribution in [0.15, 0.2) is 35.1 Å². The topological polar surface area (TPSA) is 90.3 Å². The Morgan fingerprint density at radius 1 is 1.06 bits per heavy atom. The minimum Gasteiger partial charge on any atom is -0.380 e. The van der Waals surface area contributed by atoms with E-state index in [1.54, 1.807) is 12.1 Å². The first-order valence-electron chi connectivity index (χ1n) is 9.99. The summed E-state index contributed by atoms with van der Waals surface area (Å²) in [7, 11) is 1.51. The van der Waals surface area contributed by atoms with Crippen molar-refractivity contribution in [2.75, 3.05) is 38.7 Å². The Hall–Kier alpha value is -2.95. The van der Waals surface area contributed by atoms with Gasteiger partial charge in [-0.2, -0.15) is 0 Å². The standard InChI is InChI=1S/C21H25F2N5O3/c1-3-11-31-12-10-28-20-18(26-19(21(28)29)24-8-9-25-30-2)7-6-17(27-20)14-4-5-15(22)16(23)13-14/h4-7,13,25H,3,8-12H2,1-2H3,(H,24,26). The van der Waals surface area contributed by atoms with E-state index in [-0.39, 0.29) is 17.9 Å². The molecule has 0 fully saturated rings. The number of rotatable bonds is 11. The lowest BCUT2D eigenvalue weighted by atomic mass is 10.1. The van der Waals surface area contributed by atoms with Crippen LogP contribution in [0.25, 0.3) is 22.4 Å². The number of aromatic nitrogens is 3. The first kappa shape index (κ1) is 22.7. The maximum absolute atomic E-state index is 13.7. The normalized spacial score (nSPS) is 11.2. The van der Waals surface area contributed by atoms with Crippen molar-refractivity contribution < 1.29 is 18.4 Å². The summed E-state index contributed by atoms with van der Waals surface area (Å²) >= 11 is 0. The van der Waals surface area contributed by atoms with E-state index >= 15 is 0 Å². The molecule has 0 amide bonds. The largest absolute Gasteiger partial charge is 0.380 e. The van der Waals surface area contributed by atoms with E-state index in [0.29, 0.717) is 48.7 Å². The second-order valence-electron chi connectivity index (χ2n) is 6.72. The van der Waals surface area contributed by atoms with E-state index in [4.69, 9.17) is 9.57 Å². The van der Waals surface area contributed by atoms with Gasteiger partial charge in [0.15, 0.2) is 23.1 Å². The lowest BCUT2D eigenvalue weighted by Crippen LogP contribution is -2.30. The average molecular weight is 433 g/mol. The molecule has 166 valence electrons. The van der Waals surface area contributed by atoms with Crippen molar-refractivity contribution in [3.05, 3.63) is 52.3 Å². The van der Waals surface area contributed by atoms with Crippen molar-refractivity contribution in [1.82, 2.24) is 20.0 Å². The zero-order valence-corrected chi connectivity index (χ0v) is 17.5. The summed E-state index contributed by atoms with van der Waals surface area (Å²) in [6.45, 7) is 4.08. The van der Waals surface area contributed by atoms with Crippen LogP contribution in [0.2, 0.25) is 0 Å². The fourth-order valence-electron chi connectivity index (χ4n) is 2.99. The van der Waals surface area contributed by atoms with Crippen molar-refractivity contribution in [2.45, 2.75) is 19.9 Å². The number of ether oxygens (including phenoxy) is 1. The van der Waals surface area contributed by atoms with Gasteiger partial charge < -0.3 is 14.9 Å². The molecular formula is C21H25F2N5O3. The molecule has 0 saturated heterocycles. The molecule has 0 spiro atoms. The van der Waals surface area contributed by atoms with Gasteiger partial charge in [-0.15, -0.1) is 0 Å². The number of nitrogens with zero attached hydrogens (tertiary/aromatic N) is 3. The molecule has 2 heterocycles. The number of halogens is 2. The van der Waals surface area contributed by atoms with Crippen LogP contribution < -0.4 is 16.4 Å². The molecule has 10 heteroatoms. The summed E-state index contributed by atoms with van der Waals surface area (Å²) in [5.41, 5.74) is 3.97. The fourth-order valence-corrected chi connectivity index (χ4v) is 2.99. The lowest BCUT2D eigenvalue weighted by Gasteiger charge is -2.14. The molecular weight excluding hydrogens is 408 g/mol. The van der Waals surface area contributed by atoms with Gasteiger partial charge in [-0.05, 0) is 36.8 Å². The SMILES string of the molecule is CCCOCCn1c(=O)c(NCCNOC)nc2ccc(-c3ccc(F)c(F)c3)nc21. The molecule has 0 aliphatic heterocycles. The maximum Gasteiger partial charge on any atom is 0.295 e. The fraction of sp³-hybridized carbons (Fsp3) is 0.381. The summed E-state index contributed by atoms with van der Waals surface area (Å²) in [6.07, 6.45) is 0.865. The highest BCUT2D eigenvalue weighted by Crippen LogP contribution is 2.22. The maximum atomic E-state index is 13.7. The number of hydroxylamine groups is 1. The molecule has 3 aromatic rings. The second kappa shape index (κ2) is 10.9. The monoisotopic (exact) mass is 433 g/mol.